The minimum absolute atomic E-state index is 0.125. The van der Waals surface area contributed by atoms with Crippen molar-refractivity contribution in [2.24, 2.45) is 0 Å². The first-order chi connectivity index (χ1) is 23.7. The van der Waals surface area contributed by atoms with Crippen LogP contribution in [0.4, 0.5) is 44.3 Å². The number of benzene rings is 3. The minimum Gasteiger partial charge on any atom is -0.349 e. The first-order valence-corrected chi connectivity index (χ1v) is 16.8. The van der Waals surface area contributed by atoms with Gasteiger partial charge in [0.15, 0.2) is 9.84 Å². The predicted octanol–water partition coefficient (Wildman–Crippen LogP) is 6.30. The molecule has 276 valence electrons. The maximum atomic E-state index is 14.5. The average molecular weight is 752 g/mol. The van der Waals surface area contributed by atoms with Crippen LogP contribution in [0, 0.1) is 17.5 Å². The summed E-state index contributed by atoms with van der Waals surface area (Å²) in [6.45, 7) is -0.287. The molecule has 3 amide bonds. The van der Waals surface area contributed by atoms with E-state index in [0.29, 0.717) is 24.3 Å². The van der Waals surface area contributed by atoms with Crippen molar-refractivity contribution in [3.63, 3.8) is 0 Å². The number of carbonyl (C=O) groups excluding carboxylic acids is 2. The summed E-state index contributed by atoms with van der Waals surface area (Å²) in [7, 11) is -4.63. The van der Waals surface area contributed by atoms with Crippen LogP contribution in [0.25, 0.3) is 0 Å². The Bertz CT molecular complexity index is 1870. The zero-order valence-corrected chi connectivity index (χ0v) is 27.5. The van der Waals surface area contributed by atoms with E-state index in [1.54, 1.807) is 0 Å². The van der Waals surface area contributed by atoms with Gasteiger partial charge in [0.05, 0.1) is 11.5 Å². The third-order valence-corrected chi connectivity index (χ3v) is 11.7. The Labute approximate surface area is 286 Å². The van der Waals surface area contributed by atoms with E-state index in [0.717, 1.165) is 36.4 Å². The summed E-state index contributed by atoms with van der Waals surface area (Å²) in [6.07, 6.45) is -12.7. The molecule has 18 heteroatoms. The molecule has 0 spiro atoms. The van der Waals surface area contributed by atoms with Crippen LogP contribution >= 0.6 is 0 Å². The van der Waals surface area contributed by atoms with Gasteiger partial charge in [-0.2, -0.15) is 26.3 Å². The number of rotatable bonds is 7. The number of ether oxygens (including phenoxy) is 1. The molecular formula is C33H30F9N3O5S. The highest BCUT2D eigenvalue weighted by atomic mass is 32.2. The fraction of sp³-hybridized carbons (Fsp3) is 0.394. The number of halogens is 9. The molecule has 0 bridgehead atoms. The van der Waals surface area contributed by atoms with Crippen molar-refractivity contribution in [3.8, 4) is 0 Å². The Morgan fingerprint density at radius 3 is 1.82 bits per heavy atom. The molecule has 51 heavy (non-hydrogen) atoms. The molecule has 2 saturated heterocycles. The number of hydrogen-bond donors (Lipinski definition) is 0. The lowest BCUT2D eigenvalue weighted by atomic mass is 9.88. The Morgan fingerprint density at radius 1 is 0.745 bits per heavy atom. The zero-order valence-electron chi connectivity index (χ0n) is 26.7. The second kappa shape index (κ2) is 13.7. The van der Waals surface area contributed by atoms with Crippen LogP contribution in [-0.4, -0.2) is 86.7 Å². The van der Waals surface area contributed by atoms with Gasteiger partial charge in [0.25, 0.3) is 5.60 Å². The molecule has 8 nitrogen and oxygen atoms in total. The molecule has 3 aromatic carbocycles. The van der Waals surface area contributed by atoms with Crippen molar-refractivity contribution < 1.29 is 62.3 Å². The van der Waals surface area contributed by atoms with Crippen molar-refractivity contribution in [2.75, 3.05) is 39.3 Å². The number of nitrogens with zero attached hydrogens (tertiary/aromatic N) is 3. The van der Waals surface area contributed by atoms with Gasteiger partial charge in [0.2, 0.25) is 5.91 Å². The third-order valence-electron chi connectivity index (χ3n) is 9.21. The van der Waals surface area contributed by atoms with E-state index < -0.39 is 85.2 Å². The maximum absolute atomic E-state index is 14.5. The highest BCUT2D eigenvalue weighted by Crippen LogP contribution is 2.54. The monoisotopic (exact) mass is 751 g/mol. The molecule has 2 fully saturated rings. The molecule has 2 heterocycles. The van der Waals surface area contributed by atoms with Crippen molar-refractivity contribution in [1.82, 2.24) is 14.7 Å². The van der Waals surface area contributed by atoms with E-state index >= 15 is 0 Å². The standard InChI is InChI=1S/C33H30F9N3O5S/c1-21(46)43-14-16-44(17-15-43)29(47)45-13-12-30(20-45,51(48,49)27-10-8-25(34)9-11-27)23-3-5-24(6-4-23)31(32(37,38)39,33(40,41)42)50-19-22-2-7-26(35)18-28(22)36/h2-11,18H,12-17,19-20H2,1H3. The van der Waals surface area contributed by atoms with Gasteiger partial charge in [-0.15, -0.1) is 0 Å². The number of alkyl halides is 6. The molecule has 1 unspecified atom stereocenters. The van der Waals surface area contributed by atoms with Gasteiger partial charge in [0, 0.05) is 63.4 Å². The van der Waals surface area contributed by atoms with Crippen LogP contribution in [0.3, 0.4) is 0 Å². The Morgan fingerprint density at radius 2 is 1.29 bits per heavy atom. The van der Waals surface area contributed by atoms with Crippen LogP contribution in [0.2, 0.25) is 0 Å². The highest BCUT2D eigenvalue weighted by Gasteiger charge is 2.73. The number of likely N-dealkylation sites (tertiary alicyclic amines) is 1. The minimum atomic E-state index is -6.19. The van der Waals surface area contributed by atoms with Gasteiger partial charge in [0.1, 0.15) is 22.2 Å². The topological polar surface area (TPSA) is 87.2 Å². The lowest BCUT2D eigenvalue weighted by Gasteiger charge is -2.38. The predicted molar refractivity (Wildman–Crippen MR) is 162 cm³/mol. The number of urea groups is 1. The van der Waals surface area contributed by atoms with E-state index in [4.69, 9.17) is 0 Å². The molecule has 2 aliphatic rings. The van der Waals surface area contributed by atoms with E-state index in [-0.39, 0.29) is 56.7 Å². The third kappa shape index (κ3) is 6.86. The smallest absolute Gasteiger partial charge is 0.349 e. The summed E-state index contributed by atoms with van der Waals surface area (Å²) in [4.78, 5) is 28.9. The summed E-state index contributed by atoms with van der Waals surface area (Å²) in [5.74, 6) is -3.56. The second-order valence-corrected chi connectivity index (χ2v) is 14.4. The molecule has 5 rings (SSSR count). The maximum Gasteiger partial charge on any atom is 0.430 e. The first kappa shape index (κ1) is 37.9. The van der Waals surface area contributed by atoms with Crippen LogP contribution < -0.4 is 0 Å². The van der Waals surface area contributed by atoms with E-state index in [9.17, 15) is 57.5 Å². The fourth-order valence-electron chi connectivity index (χ4n) is 6.38. The molecule has 0 aliphatic carbocycles. The highest BCUT2D eigenvalue weighted by molar-refractivity contribution is 7.92. The fourth-order valence-corrected chi connectivity index (χ4v) is 8.45. The number of piperazine rings is 1. The largest absolute Gasteiger partial charge is 0.430 e. The van der Waals surface area contributed by atoms with Crippen molar-refractivity contribution >= 4 is 21.8 Å². The quantitative estimate of drug-likeness (QED) is 0.209. The van der Waals surface area contributed by atoms with Crippen LogP contribution in [0.15, 0.2) is 71.6 Å². The van der Waals surface area contributed by atoms with E-state index in [1.165, 1.54) is 21.6 Å². The summed E-state index contributed by atoms with van der Waals surface area (Å²) >= 11 is 0. The Balaban J connectivity index is 1.55. The lowest BCUT2D eigenvalue weighted by Crippen LogP contribution is -2.56. The normalized spacial score (nSPS) is 19.1. The van der Waals surface area contributed by atoms with Gasteiger partial charge >= 0.3 is 18.4 Å². The molecule has 1 atom stereocenters. The molecule has 2 aliphatic heterocycles. The van der Waals surface area contributed by atoms with Gasteiger partial charge in [-0.05, 0) is 42.3 Å². The average Bonchev–Trinajstić information content (AvgIpc) is 3.52. The second-order valence-electron chi connectivity index (χ2n) is 12.2. The molecule has 3 aromatic rings. The SMILES string of the molecule is CC(=O)N1CCN(C(=O)N2CCC(c3ccc(C(OCc4ccc(F)cc4F)(C(F)(F)F)C(F)(F)F)cc3)(S(=O)(=O)c3ccc(F)cc3)C2)CC1. The number of sulfone groups is 1. The van der Waals surface area contributed by atoms with E-state index in [1.807, 2.05) is 0 Å². The molecule has 0 saturated carbocycles. The molecule has 0 aromatic heterocycles. The van der Waals surface area contributed by atoms with Gasteiger partial charge < -0.3 is 19.4 Å². The van der Waals surface area contributed by atoms with Crippen molar-refractivity contribution in [1.29, 1.82) is 0 Å². The first-order valence-electron chi connectivity index (χ1n) is 15.4. The summed E-state index contributed by atoms with van der Waals surface area (Å²) in [5.41, 5.74) is -7.62. The Hall–Kier alpha value is -4.32. The van der Waals surface area contributed by atoms with Crippen molar-refractivity contribution in [3.05, 3.63) is 101 Å². The number of carbonyl (C=O) groups is 2. The van der Waals surface area contributed by atoms with Crippen LogP contribution in [0.1, 0.15) is 30.0 Å². The molecule has 0 radical (unpaired) electrons. The number of hydrogen-bond acceptors (Lipinski definition) is 5. The van der Waals surface area contributed by atoms with Gasteiger partial charge in [-0.25, -0.2) is 26.4 Å². The van der Waals surface area contributed by atoms with Crippen LogP contribution in [-0.2, 0) is 36.3 Å². The van der Waals surface area contributed by atoms with Crippen LogP contribution in [0.5, 0.6) is 0 Å². The number of amides is 3. The Kier molecular flexibility index (Phi) is 10.2. The zero-order chi connectivity index (χ0) is 37.6. The summed E-state index contributed by atoms with van der Waals surface area (Å²) in [5, 5.41) is 0. The van der Waals surface area contributed by atoms with E-state index in [2.05, 4.69) is 4.74 Å². The lowest BCUT2D eigenvalue weighted by molar-refractivity contribution is -0.392. The van der Waals surface area contributed by atoms with Crippen molar-refractivity contribution in [2.45, 2.75) is 47.5 Å². The van der Waals surface area contributed by atoms with Gasteiger partial charge in [-0.1, -0.05) is 30.3 Å². The van der Waals surface area contributed by atoms with Gasteiger partial charge in [-0.3, -0.25) is 4.79 Å². The summed E-state index contributed by atoms with van der Waals surface area (Å²) in [6, 6.07) is 6.84. The molecule has 0 N–H and O–H groups in total. The molecular weight excluding hydrogens is 721 g/mol. The summed E-state index contributed by atoms with van der Waals surface area (Å²) < 4.78 is 159.